The van der Waals surface area contributed by atoms with Gasteiger partial charge < -0.3 is 9.84 Å². The Balaban J connectivity index is 3.36. The van der Waals surface area contributed by atoms with Gasteiger partial charge in [-0.05, 0) is 6.07 Å². The molecule has 0 spiro atoms. The number of carbonyl (C=O) groups excluding carboxylic acids is 1. The summed E-state index contributed by atoms with van der Waals surface area (Å²) in [4.78, 5) is 11.5. The van der Waals surface area contributed by atoms with Gasteiger partial charge in [0.25, 0.3) is 0 Å². The number of phenols is 1. The van der Waals surface area contributed by atoms with Crippen LogP contribution >= 0.6 is 15.9 Å². The lowest BCUT2D eigenvalue weighted by Crippen LogP contribution is -2.03. The van der Waals surface area contributed by atoms with Crippen molar-refractivity contribution in [3.8, 4) is 17.6 Å². The van der Waals surface area contributed by atoms with E-state index in [2.05, 4.69) is 15.9 Å². The lowest BCUT2D eigenvalue weighted by atomic mass is 10.1. The fraction of sp³-hybridized carbons (Fsp3) is 0.200. The highest BCUT2D eigenvalue weighted by atomic mass is 79.9. The van der Waals surface area contributed by atoms with Gasteiger partial charge in [0.05, 0.1) is 23.6 Å². The minimum atomic E-state index is -0.205. The number of ketones is 1. The molecule has 0 unspecified atom stereocenters. The fourth-order valence-corrected chi connectivity index (χ4v) is 1.42. The Morgan fingerprint density at radius 1 is 1.67 bits per heavy atom. The molecule has 0 saturated heterocycles. The lowest BCUT2D eigenvalue weighted by Gasteiger charge is -2.07. The summed E-state index contributed by atoms with van der Waals surface area (Å²) in [5, 5.41) is 18.2. The minimum Gasteiger partial charge on any atom is -0.506 e. The van der Waals surface area contributed by atoms with Crippen molar-refractivity contribution in [3.05, 3.63) is 23.3 Å². The van der Waals surface area contributed by atoms with Crippen LogP contribution in [0.5, 0.6) is 11.5 Å². The van der Waals surface area contributed by atoms with Gasteiger partial charge in [-0.3, -0.25) is 4.79 Å². The summed E-state index contributed by atoms with van der Waals surface area (Å²) in [5.74, 6) is -0.139. The van der Waals surface area contributed by atoms with Crippen molar-refractivity contribution in [3.63, 3.8) is 0 Å². The number of methoxy groups -OCH3 is 1. The van der Waals surface area contributed by atoms with Crippen molar-refractivity contribution < 1.29 is 14.6 Å². The van der Waals surface area contributed by atoms with Crippen LogP contribution in [0.4, 0.5) is 0 Å². The van der Waals surface area contributed by atoms with Gasteiger partial charge in [0.1, 0.15) is 17.6 Å². The standard InChI is InChI=1S/C10H8BrNO3/c1-15-10-3-8(13)6(5-12)2-7(10)9(14)4-11/h2-3,13H,4H2,1H3. The van der Waals surface area contributed by atoms with E-state index < -0.39 is 0 Å². The van der Waals surface area contributed by atoms with E-state index in [1.807, 2.05) is 0 Å². The second kappa shape index (κ2) is 4.80. The van der Waals surface area contributed by atoms with Crippen molar-refractivity contribution in [2.45, 2.75) is 0 Å². The van der Waals surface area contributed by atoms with Gasteiger partial charge in [-0.25, -0.2) is 0 Å². The molecule has 0 atom stereocenters. The molecule has 0 fully saturated rings. The average molecular weight is 270 g/mol. The summed E-state index contributed by atoms with van der Waals surface area (Å²) >= 11 is 3.03. The van der Waals surface area contributed by atoms with E-state index in [-0.39, 0.29) is 33.7 Å². The summed E-state index contributed by atoms with van der Waals surface area (Å²) in [7, 11) is 1.39. The van der Waals surface area contributed by atoms with Gasteiger partial charge in [-0.2, -0.15) is 5.26 Å². The Bertz CT molecular complexity index is 437. The predicted octanol–water partition coefficient (Wildman–Crippen LogP) is 1.85. The molecule has 0 aliphatic heterocycles. The van der Waals surface area contributed by atoms with Crippen LogP contribution in [0.15, 0.2) is 12.1 Å². The highest BCUT2D eigenvalue weighted by Crippen LogP contribution is 2.28. The van der Waals surface area contributed by atoms with E-state index in [1.54, 1.807) is 6.07 Å². The molecule has 1 aromatic carbocycles. The zero-order chi connectivity index (χ0) is 11.4. The van der Waals surface area contributed by atoms with Crippen LogP contribution in [0.1, 0.15) is 15.9 Å². The van der Waals surface area contributed by atoms with Crippen molar-refractivity contribution >= 4 is 21.7 Å². The van der Waals surface area contributed by atoms with E-state index in [0.717, 1.165) is 0 Å². The van der Waals surface area contributed by atoms with Crippen LogP contribution in [-0.2, 0) is 0 Å². The Morgan fingerprint density at radius 2 is 2.33 bits per heavy atom. The first-order valence-corrected chi connectivity index (χ1v) is 5.16. The summed E-state index contributed by atoms with van der Waals surface area (Å²) in [6, 6.07) is 4.37. The molecule has 0 aliphatic rings. The van der Waals surface area contributed by atoms with Crippen molar-refractivity contribution in [1.82, 2.24) is 0 Å². The first-order valence-electron chi connectivity index (χ1n) is 4.04. The highest BCUT2D eigenvalue weighted by molar-refractivity contribution is 9.09. The molecule has 0 amide bonds. The smallest absolute Gasteiger partial charge is 0.177 e. The van der Waals surface area contributed by atoms with Gasteiger partial charge >= 0.3 is 0 Å². The molecule has 1 rings (SSSR count). The molecule has 78 valence electrons. The molecule has 1 aromatic rings. The van der Waals surface area contributed by atoms with Crippen molar-refractivity contribution in [2.75, 3.05) is 12.4 Å². The maximum atomic E-state index is 11.5. The average Bonchev–Trinajstić information content (AvgIpc) is 2.27. The third-order valence-corrected chi connectivity index (χ3v) is 2.37. The third-order valence-electron chi connectivity index (χ3n) is 1.86. The first kappa shape index (κ1) is 11.5. The fourth-order valence-electron chi connectivity index (χ4n) is 1.12. The highest BCUT2D eigenvalue weighted by Gasteiger charge is 2.15. The van der Waals surface area contributed by atoms with Crippen LogP contribution in [-0.4, -0.2) is 23.3 Å². The predicted molar refractivity (Wildman–Crippen MR) is 57.5 cm³/mol. The zero-order valence-corrected chi connectivity index (χ0v) is 9.54. The summed E-state index contributed by atoms with van der Waals surface area (Å²) in [6.45, 7) is 0. The molecular formula is C10H8BrNO3. The molecule has 15 heavy (non-hydrogen) atoms. The zero-order valence-electron chi connectivity index (χ0n) is 7.95. The minimum absolute atomic E-state index is 0.0556. The number of alkyl halides is 1. The van der Waals surface area contributed by atoms with Crippen molar-refractivity contribution in [2.24, 2.45) is 0 Å². The maximum Gasteiger partial charge on any atom is 0.177 e. The number of nitriles is 1. The number of rotatable bonds is 3. The third kappa shape index (κ3) is 2.28. The molecule has 0 saturated carbocycles. The molecule has 0 aliphatic carbocycles. The Kier molecular flexibility index (Phi) is 3.69. The quantitative estimate of drug-likeness (QED) is 0.672. The second-order valence-corrected chi connectivity index (χ2v) is 3.30. The number of phenolic OH excluding ortho intramolecular Hbond substituents is 1. The molecule has 0 bridgehead atoms. The molecular weight excluding hydrogens is 262 g/mol. The molecule has 0 heterocycles. The van der Waals surface area contributed by atoms with Crippen LogP contribution in [0.25, 0.3) is 0 Å². The summed E-state index contributed by atoms with van der Waals surface area (Å²) in [5.41, 5.74) is 0.337. The van der Waals surface area contributed by atoms with E-state index in [1.165, 1.54) is 19.2 Å². The van der Waals surface area contributed by atoms with Crippen LogP contribution in [0, 0.1) is 11.3 Å². The van der Waals surface area contributed by atoms with Gasteiger partial charge in [0.2, 0.25) is 0 Å². The Morgan fingerprint density at radius 3 is 2.80 bits per heavy atom. The summed E-state index contributed by atoms with van der Waals surface area (Å²) in [6.07, 6.45) is 0. The van der Waals surface area contributed by atoms with E-state index in [4.69, 9.17) is 10.00 Å². The SMILES string of the molecule is COc1cc(O)c(C#N)cc1C(=O)CBr. The maximum absolute atomic E-state index is 11.5. The van der Waals surface area contributed by atoms with E-state index in [0.29, 0.717) is 0 Å². The lowest BCUT2D eigenvalue weighted by molar-refractivity contribution is 0.102. The number of hydrogen-bond donors (Lipinski definition) is 1. The number of benzene rings is 1. The van der Waals surface area contributed by atoms with Crippen molar-refractivity contribution in [1.29, 1.82) is 5.26 Å². The molecule has 0 radical (unpaired) electrons. The van der Waals surface area contributed by atoms with E-state index in [9.17, 15) is 9.90 Å². The monoisotopic (exact) mass is 269 g/mol. The first-order chi connectivity index (χ1) is 7.13. The number of hydrogen-bond acceptors (Lipinski definition) is 4. The number of nitrogens with zero attached hydrogens (tertiary/aromatic N) is 1. The molecule has 1 N–H and O–H groups in total. The summed E-state index contributed by atoms with van der Waals surface area (Å²) < 4.78 is 4.94. The Labute approximate surface area is 95.2 Å². The number of carbonyl (C=O) groups is 1. The van der Waals surface area contributed by atoms with Gasteiger partial charge in [-0.15, -0.1) is 0 Å². The number of ether oxygens (including phenoxy) is 1. The second-order valence-electron chi connectivity index (χ2n) is 2.74. The number of Topliss-reactive ketones (excluding diaryl/α,β-unsaturated/α-hetero) is 1. The molecule has 5 heteroatoms. The largest absolute Gasteiger partial charge is 0.506 e. The van der Waals surface area contributed by atoms with Crippen LogP contribution < -0.4 is 4.74 Å². The molecule has 0 aromatic heterocycles. The Hall–Kier alpha value is -1.54. The van der Waals surface area contributed by atoms with Gasteiger partial charge in [0, 0.05) is 6.07 Å². The number of halogens is 1. The number of aromatic hydroxyl groups is 1. The van der Waals surface area contributed by atoms with Crippen LogP contribution in [0.2, 0.25) is 0 Å². The van der Waals surface area contributed by atoms with E-state index >= 15 is 0 Å². The molecule has 4 nitrogen and oxygen atoms in total. The topological polar surface area (TPSA) is 70.3 Å². The normalized spacial score (nSPS) is 9.40. The van der Waals surface area contributed by atoms with Gasteiger partial charge in [-0.1, -0.05) is 15.9 Å². The van der Waals surface area contributed by atoms with Crippen LogP contribution in [0.3, 0.4) is 0 Å². The van der Waals surface area contributed by atoms with Gasteiger partial charge in [0.15, 0.2) is 5.78 Å².